The largest absolute Gasteiger partial charge is 0.393 e. The van der Waals surface area contributed by atoms with E-state index in [-0.39, 0.29) is 28.3 Å². The van der Waals surface area contributed by atoms with Crippen molar-refractivity contribution in [2.45, 2.75) is 119 Å². The maximum absolute atomic E-state index is 12.9. The van der Waals surface area contributed by atoms with Crippen LogP contribution >= 0.6 is 0 Å². The van der Waals surface area contributed by atoms with E-state index in [1.54, 1.807) is 5.57 Å². The van der Waals surface area contributed by atoms with Crippen LogP contribution in [0.25, 0.3) is 0 Å². The van der Waals surface area contributed by atoms with Crippen molar-refractivity contribution in [1.29, 1.82) is 0 Å². The normalized spacial score (nSPS) is 53.9. The highest BCUT2D eigenvalue weighted by Gasteiger charge is 2.69. The summed E-state index contributed by atoms with van der Waals surface area (Å²) in [4.78, 5) is 12.9. The molecule has 32 heavy (non-hydrogen) atoms. The van der Waals surface area contributed by atoms with E-state index in [1.165, 1.54) is 32.1 Å². The number of aliphatic hydroxyl groups is 1. The van der Waals surface area contributed by atoms with Gasteiger partial charge >= 0.3 is 0 Å². The molecule has 5 aliphatic rings. The Morgan fingerprint density at radius 2 is 1.53 bits per heavy atom. The molecule has 0 aromatic carbocycles. The maximum Gasteiger partial charge on any atom is 0.138 e. The quantitative estimate of drug-likeness (QED) is 0.400. The second kappa shape index (κ2) is 6.52. The molecule has 0 saturated heterocycles. The van der Waals surface area contributed by atoms with E-state index >= 15 is 0 Å². The molecule has 0 aromatic rings. The van der Waals surface area contributed by atoms with Crippen molar-refractivity contribution in [2.24, 2.45) is 50.2 Å². The fourth-order valence-corrected chi connectivity index (χ4v) is 10.5. The van der Waals surface area contributed by atoms with Crippen LogP contribution < -0.4 is 0 Å². The molecule has 8 atom stereocenters. The van der Waals surface area contributed by atoms with Crippen molar-refractivity contribution in [2.75, 3.05) is 0 Å². The predicted molar refractivity (Wildman–Crippen MR) is 131 cm³/mol. The van der Waals surface area contributed by atoms with Crippen LogP contribution in [0.1, 0.15) is 113 Å². The smallest absolute Gasteiger partial charge is 0.138 e. The highest BCUT2D eigenvalue weighted by molar-refractivity contribution is 5.85. The van der Waals surface area contributed by atoms with Crippen LogP contribution in [0.4, 0.5) is 0 Å². The molecule has 0 radical (unpaired) electrons. The van der Waals surface area contributed by atoms with Gasteiger partial charge in [0.1, 0.15) is 5.78 Å². The van der Waals surface area contributed by atoms with Gasteiger partial charge in [-0.3, -0.25) is 4.79 Å². The zero-order chi connectivity index (χ0) is 23.5. The Hall–Kier alpha value is -0.630. The Balaban J connectivity index is 1.61. The predicted octanol–water partition coefficient (Wildman–Crippen LogP) is 7.35. The third-order valence-electron chi connectivity index (χ3n) is 12.7. The Labute approximate surface area is 197 Å². The maximum atomic E-state index is 12.9. The number of rotatable bonds is 0. The first kappa shape index (κ1) is 23.1. The summed E-state index contributed by atoms with van der Waals surface area (Å²) in [6.45, 7) is 19.3. The van der Waals surface area contributed by atoms with Crippen LogP contribution in [0, 0.1) is 50.2 Å². The Morgan fingerprint density at radius 1 is 0.875 bits per heavy atom. The van der Waals surface area contributed by atoms with Crippen LogP contribution in [0.3, 0.4) is 0 Å². The fraction of sp³-hybridized carbons (Fsp3) is 0.900. The summed E-state index contributed by atoms with van der Waals surface area (Å²) in [7, 11) is 0. The summed E-state index contributed by atoms with van der Waals surface area (Å²) < 4.78 is 0. The highest BCUT2D eigenvalue weighted by atomic mass is 16.3. The van der Waals surface area contributed by atoms with Gasteiger partial charge in [-0.2, -0.15) is 0 Å². The number of Topliss-reactive ketones (excluding diaryl/α,β-unsaturated/α-hetero) is 1. The van der Waals surface area contributed by atoms with Crippen molar-refractivity contribution in [3.63, 3.8) is 0 Å². The molecular formula is C30H48O2. The van der Waals surface area contributed by atoms with Gasteiger partial charge in [-0.25, -0.2) is 0 Å². The summed E-state index contributed by atoms with van der Waals surface area (Å²) >= 11 is 0. The van der Waals surface area contributed by atoms with Gasteiger partial charge in [0.05, 0.1) is 6.10 Å². The first-order valence-electron chi connectivity index (χ1n) is 13.5. The van der Waals surface area contributed by atoms with Crippen molar-refractivity contribution in [3.05, 3.63) is 11.6 Å². The fourth-order valence-electron chi connectivity index (χ4n) is 10.5. The Bertz CT molecular complexity index is 866. The zero-order valence-corrected chi connectivity index (χ0v) is 22.1. The molecule has 0 amide bonds. The number of hydrogen-bond donors (Lipinski definition) is 1. The molecular weight excluding hydrogens is 392 g/mol. The Kier molecular flexibility index (Phi) is 4.71. The third-order valence-corrected chi connectivity index (χ3v) is 12.7. The number of carbonyl (C=O) groups is 1. The minimum absolute atomic E-state index is 0.0292. The molecule has 180 valence electrons. The molecule has 5 aliphatic carbocycles. The van der Waals surface area contributed by atoms with E-state index in [2.05, 4.69) is 61.5 Å². The minimum atomic E-state index is -0.419. The van der Waals surface area contributed by atoms with Crippen LogP contribution in [-0.4, -0.2) is 17.0 Å². The molecule has 5 rings (SSSR count). The molecule has 4 saturated carbocycles. The summed E-state index contributed by atoms with van der Waals surface area (Å²) in [5.74, 6) is 1.68. The Morgan fingerprint density at radius 3 is 2.22 bits per heavy atom. The second-order valence-electron chi connectivity index (χ2n) is 15.2. The monoisotopic (exact) mass is 440 g/mol. The molecule has 2 nitrogen and oxygen atoms in total. The van der Waals surface area contributed by atoms with Crippen LogP contribution in [0.5, 0.6) is 0 Å². The molecule has 0 unspecified atom stereocenters. The van der Waals surface area contributed by atoms with Gasteiger partial charge in [0.25, 0.3) is 0 Å². The number of carbonyl (C=O) groups excluding carboxylic acids is 1. The van der Waals surface area contributed by atoms with Crippen LogP contribution in [0.2, 0.25) is 0 Å². The molecule has 4 fully saturated rings. The first-order valence-corrected chi connectivity index (χ1v) is 13.5. The lowest BCUT2D eigenvalue weighted by Gasteiger charge is -2.71. The van der Waals surface area contributed by atoms with Crippen molar-refractivity contribution in [1.82, 2.24) is 0 Å². The first-order chi connectivity index (χ1) is 14.6. The molecule has 2 heteroatoms. The molecule has 0 aromatic heterocycles. The van der Waals surface area contributed by atoms with Gasteiger partial charge in [-0.05, 0) is 90.3 Å². The topological polar surface area (TPSA) is 37.3 Å². The summed E-state index contributed by atoms with van der Waals surface area (Å²) in [5, 5.41) is 11.7. The number of fused-ring (bicyclic) bond motifs is 7. The van der Waals surface area contributed by atoms with Crippen molar-refractivity contribution < 1.29 is 9.90 Å². The van der Waals surface area contributed by atoms with Crippen molar-refractivity contribution in [3.8, 4) is 0 Å². The lowest BCUT2D eigenvalue weighted by molar-refractivity contribution is -0.218. The van der Waals surface area contributed by atoms with Gasteiger partial charge in [0.15, 0.2) is 0 Å². The number of allylic oxidation sites excluding steroid dienone is 2. The van der Waals surface area contributed by atoms with E-state index in [0.29, 0.717) is 34.9 Å². The van der Waals surface area contributed by atoms with Gasteiger partial charge in [0, 0.05) is 17.8 Å². The summed E-state index contributed by atoms with van der Waals surface area (Å²) in [6, 6.07) is 0. The summed E-state index contributed by atoms with van der Waals surface area (Å²) in [5.41, 5.74) is 2.49. The van der Waals surface area contributed by atoms with E-state index in [9.17, 15) is 9.90 Å². The average Bonchev–Trinajstić information content (AvgIpc) is 2.67. The van der Waals surface area contributed by atoms with Crippen molar-refractivity contribution >= 4 is 5.78 Å². The van der Waals surface area contributed by atoms with Gasteiger partial charge in [0.2, 0.25) is 0 Å². The van der Waals surface area contributed by atoms with Crippen LogP contribution in [0.15, 0.2) is 11.6 Å². The zero-order valence-electron chi connectivity index (χ0n) is 22.1. The molecule has 1 N–H and O–H groups in total. The minimum Gasteiger partial charge on any atom is -0.393 e. The molecule has 0 bridgehead atoms. The van der Waals surface area contributed by atoms with E-state index in [4.69, 9.17) is 0 Å². The SMILES string of the molecule is CC1(C)CC[C@]2(C)CC[C@]3(C)C(=CC[C@@H]4[C@@]5(C)CCC(=O)C(C)(C)[C@H]5[C@H](O)C[C@]43C)[C@@H]2C1. The third kappa shape index (κ3) is 2.71. The lowest BCUT2D eigenvalue weighted by Crippen LogP contribution is -2.67. The summed E-state index contributed by atoms with van der Waals surface area (Å²) in [6.07, 6.45) is 12.5. The highest BCUT2D eigenvalue weighted by Crippen LogP contribution is 2.75. The van der Waals surface area contributed by atoms with E-state index in [0.717, 1.165) is 19.3 Å². The van der Waals surface area contributed by atoms with Gasteiger partial charge in [-0.15, -0.1) is 0 Å². The number of hydrogen-bond acceptors (Lipinski definition) is 2. The van der Waals surface area contributed by atoms with Crippen LogP contribution in [-0.2, 0) is 4.79 Å². The van der Waals surface area contributed by atoms with E-state index in [1.807, 2.05) is 0 Å². The van der Waals surface area contributed by atoms with E-state index < -0.39 is 5.41 Å². The second-order valence-corrected chi connectivity index (χ2v) is 15.2. The number of aliphatic hydroxyl groups excluding tert-OH is 1. The standard InChI is InChI=1S/C30H48O2/c1-25(2)13-14-27(5)15-16-29(7)19(20(27)17-25)9-10-22-28(6)12-11-23(32)26(3,4)24(28)21(31)18-30(22,29)8/h9,20-22,24,31H,10-18H2,1-8H3/t20-,21+,22+,24+,27+,28+,29+,30+/m0/s1. The molecule has 0 heterocycles. The molecule has 0 aliphatic heterocycles. The van der Waals surface area contributed by atoms with Gasteiger partial charge in [-0.1, -0.05) is 67.0 Å². The average molecular weight is 441 g/mol. The molecule has 0 spiro atoms. The lowest BCUT2D eigenvalue weighted by atomic mass is 9.33. The number of ketones is 1. The van der Waals surface area contributed by atoms with Gasteiger partial charge < -0.3 is 5.11 Å².